The lowest BCUT2D eigenvalue weighted by molar-refractivity contribution is -0.384. The maximum absolute atomic E-state index is 12.0. The number of aromatic carboxylic acids is 1. The van der Waals surface area contributed by atoms with E-state index in [0.29, 0.717) is 0 Å². The first-order valence-electron chi connectivity index (χ1n) is 6.31. The third kappa shape index (κ3) is 2.93. The smallest absolute Gasteiger partial charge is 0.337 e. The van der Waals surface area contributed by atoms with E-state index in [4.69, 9.17) is 5.11 Å². The van der Waals surface area contributed by atoms with Crippen LogP contribution in [0.2, 0.25) is 0 Å². The number of non-ortho nitro benzene ring substituents is 1. The molecule has 0 aromatic heterocycles. The summed E-state index contributed by atoms with van der Waals surface area (Å²) >= 11 is 0. The molecule has 2 N–H and O–H groups in total. The molecule has 2 rings (SSSR count). The normalized spacial score (nSPS) is 15.0. The van der Waals surface area contributed by atoms with Crippen molar-refractivity contribution in [3.8, 4) is 0 Å². The Labute approximate surface area is 114 Å². The summed E-state index contributed by atoms with van der Waals surface area (Å²) in [5.74, 6) is -1.65. The van der Waals surface area contributed by atoms with Gasteiger partial charge in [0.2, 0.25) is 5.91 Å². The van der Waals surface area contributed by atoms with Crippen molar-refractivity contribution in [2.75, 3.05) is 5.32 Å². The second-order valence-corrected chi connectivity index (χ2v) is 4.76. The summed E-state index contributed by atoms with van der Waals surface area (Å²) in [4.78, 5) is 33.2. The van der Waals surface area contributed by atoms with Gasteiger partial charge in [-0.25, -0.2) is 4.79 Å². The van der Waals surface area contributed by atoms with E-state index in [1.165, 1.54) is 0 Å². The van der Waals surface area contributed by atoms with Crippen LogP contribution < -0.4 is 5.32 Å². The van der Waals surface area contributed by atoms with Gasteiger partial charge in [-0.1, -0.05) is 12.8 Å². The van der Waals surface area contributed by atoms with Crippen molar-refractivity contribution in [3.63, 3.8) is 0 Å². The molecule has 1 aliphatic carbocycles. The van der Waals surface area contributed by atoms with Crippen LogP contribution in [0, 0.1) is 16.0 Å². The molecule has 7 nitrogen and oxygen atoms in total. The summed E-state index contributed by atoms with van der Waals surface area (Å²) in [7, 11) is 0. The predicted octanol–water partition coefficient (Wildman–Crippen LogP) is 2.42. The van der Waals surface area contributed by atoms with E-state index in [2.05, 4.69) is 5.32 Å². The highest BCUT2D eigenvalue weighted by Crippen LogP contribution is 2.28. The van der Waals surface area contributed by atoms with Crippen LogP contribution in [0.5, 0.6) is 0 Å². The number of nitro groups is 1. The first-order valence-corrected chi connectivity index (χ1v) is 6.31. The number of carboxylic acid groups (broad SMARTS) is 1. The van der Waals surface area contributed by atoms with E-state index in [-0.39, 0.29) is 28.8 Å². The first kappa shape index (κ1) is 14.0. The number of nitrogens with one attached hydrogen (secondary N) is 1. The number of carbonyl (C=O) groups excluding carboxylic acids is 1. The molecule has 0 radical (unpaired) electrons. The highest BCUT2D eigenvalue weighted by atomic mass is 16.6. The summed E-state index contributed by atoms with van der Waals surface area (Å²) < 4.78 is 0. The minimum Gasteiger partial charge on any atom is -0.478 e. The summed E-state index contributed by atoms with van der Waals surface area (Å²) in [5, 5.41) is 22.3. The summed E-state index contributed by atoms with van der Waals surface area (Å²) in [5.41, 5.74) is -0.428. The molecule has 106 valence electrons. The van der Waals surface area contributed by atoms with Gasteiger partial charge in [0.1, 0.15) is 0 Å². The van der Waals surface area contributed by atoms with E-state index in [9.17, 15) is 19.7 Å². The van der Waals surface area contributed by atoms with Gasteiger partial charge < -0.3 is 10.4 Å². The van der Waals surface area contributed by atoms with Gasteiger partial charge >= 0.3 is 5.97 Å². The Bertz CT molecular complexity index is 564. The molecule has 1 amide bonds. The van der Waals surface area contributed by atoms with Crippen molar-refractivity contribution in [3.05, 3.63) is 33.9 Å². The fraction of sp³-hybridized carbons (Fsp3) is 0.385. The molecule has 1 aliphatic rings. The lowest BCUT2D eigenvalue weighted by Gasteiger charge is -2.12. The molecule has 0 heterocycles. The number of anilines is 1. The lowest BCUT2D eigenvalue weighted by atomic mass is 10.1. The maximum atomic E-state index is 12.0. The number of hydrogen-bond acceptors (Lipinski definition) is 4. The van der Waals surface area contributed by atoms with Crippen LogP contribution in [-0.4, -0.2) is 21.9 Å². The molecule has 0 bridgehead atoms. The van der Waals surface area contributed by atoms with Gasteiger partial charge in [0.25, 0.3) is 5.69 Å². The zero-order chi connectivity index (χ0) is 14.7. The quantitative estimate of drug-likeness (QED) is 0.649. The van der Waals surface area contributed by atoms with Gasteiger partial charge in [-0.2, -0.15) is 0 Å². The minimum absolute atomic E-state index is 0.0244. The van der Waals surface area contributed by atoms with Crippen molar-refractivity contribution >= 4 is 23.3 Å². The number of nitro benzene ring substituents is 1. The van der Waals surface area contributed by atoms with E-state index in [1.807, 2.05) is 0 Å². The topological polar surface area (TPSA) is 110 Å². The Balaban J connectivity index is 2.27. The van der Waals surface area contributed by atoms with Crippen LogP contribution in [-0.2, 0) is 4.79 Å². The molecule has 20 heavy (non-hydrogen) atoms. The Morgan fingerprint density at radius 1 is 1.30 bits per heavy atom. The molecule has 0 aliphatic heterocycles. The SMILES string of the molecule is O=C(O)c1ccc([N+](=O)[O-])cc1NC(=O)C1CCCC1. The van der Waals surface area contributed by atoms with Crippen LogP contribution in [0.4, 0.5) is 11.4 Å². The zero-order valence-electron chi connectivity index (χ0n) is 10.7. The molecular formula is C13H14N2O5. The number of hydrogen-bond donors (Lipinski definition) is 2. The van der Waals surface area contributed by atoms with Crippen LogP contribution in [0.3, 0.4) is 0 Å². The number of amides is 1. The van der Waals surface area contributed by atoms with Gasteiger partial charge in [0, 0.05) is 18.1 Å². The fourth-order valence-corrected chi connectivity index (χ4v) is 2.36. The van der Waals surface area contributed by atoms with Crippen LogP contribution >= 0.6 is 0 Å². The van der Waals surface area contributed by atoms with Crippen molar-refractivity contribution < 1.29 is 19.6 Å². The largest absolute Gasteiger partial charge is 0.478 e. The molecule has 0 saturated heterocycles. The summed E-state index contributed by atoms with van der Waals surface area (Å²) in [6.07, 6.45) is 3.48. The Morgan fingerprint density at radius 3 is 2.50 bits per heavy atom. The van der Waals surface area contributed by atoms with E-state index in [0.717, 1.165) is 43.9 Å². The molecule has 0 atom stereocenters. The molecule has 0 spiro atoms. The average Bonchev–Trinajstić information content (AvgIpc) is 2.92. The van der Waals surface area contributed by atoms with Crippen LogP contribution in [0.1, 0.15) is 36.0 Å². The van der Waals surface area contributed by atoms with Gasteiger partial charge in [0.05, 0.1) is 16.2 Å². The van der Waals surface area contributed by atoms with Gasteiger partial charge in [-0.3, -0.25) is 14.9 Å². The number of nitrogens with zero attached hydrogens (tertiary/aromatic N) is 1. The molecule has 1 aromatic carbocycles. The molecule has 1 aromatic rings. The highest BCUT2D eigenvalue weighted by molar-refractivity contribution is 6.01. The molecule has 0 unspecified atom stereocenters. The lowest BCUT2D eigenvalue weighted by Crippen LogP contribution is -2.21. The second-order valence-electron chi connectivity index (χ2n) is 4.76. The van der Waals surface area contributed by atoms with Gasteiger partial charge in [-0.15, -0.1) is 0 Å². The first-order chi connectivity index (χ1) is 9.49. The van der Waals surface area contributed by atoms with E-state index in [1.54, 1.807) is 0 Å². The zero-order valence-corrected chi connectivity index (χ0v) is 10.7. The number of benzene rings is 1. The van der Waals surface area contributed by atoms with Gasteiger partial charge in [0.15, 0.2) is 0 Å². The predicted molar refractivity (Wildman–Crippen MR) is 70.6 cm³/mol. The van der Waals surface area contributed by atoms with E-state index >= 15 is 0 Å². The third-order valence-corrected chi connectivity index (χ3v) is 3.43. The average molecular weight is 278 g/mol. The summed E-state index contributed by atoms with van der Waals surface area (Å²) in [6, 6.07) is 3.32. The summed E-state index contributed by atoms with van der Waals surface area (Å²) in [6.45, 7) is 0. The standard InChI is InChI=1S/C13H14N2O5/c16-12(8-3-1-2-4-8)14-11-7-9(15(19)20)5-6-10(11)13(17)18/h5-8H,1-4H2,(H,14,16)(H,17,18). The highest BCUT2D eigenvalue weighted by Gasteiger charge is 2.24. The van der Waals surface area contributed by atoms with Crippen LogP contribution in [0.25, 0.3) is 0 Å². The van der Waals surface area contributed by atoms with Crippen molar-refractivity contribution in [2.45, 2.75) is 25.7 Å². The molecular weight excluding hydrogens is 264 g/mol. The molecule has 1 saturated carbocycles. The van der Waals surface area contributed by atoms with Crippen LogP contribution in [0.15, 0.2) is 18.2 Å². The van der Waals surface area contributed by atoms with Gasteiger partial charge in [-0.05, 0) is 18.9 Å². The Kier molecular flexibility index (Phi) is 3.97. The number of carbonyl (C=O) groups is 2. The maximum Gasteiger partial charge on any atom is 0.337 e. The Hall–Kier alpha value is -2.44. The van der Waals surface area contributed by atoms with Crippen molar-refractivity contribution in [1.82, 2.24) is 0 Å². The number of carboxylic acids is 1. The molecule has 7 heteroatoms. The second kappa shape index (κ2) is 5.68. The van der Waals surface area contributed by atoms with E-state index < -0.39 is 10.9 Å². The third-order valence-electron chi connectivity index (χ3n) is 3.43. The fourth-order valence-electron chi connectivity index (χ4n) is 2.36. The monoisotopic (exact) mass is 278 g/mol. The number of rotatable bonds is 4. The van der Waals surface area contributed by atoms with Crippen molar-refractivity contribution in [1.29, 1.82) is 0 Å². The van der Waals surface area contributed by atoms with Crippen molar-refractivity contribution in [2.24, 2.45) is 5.92 Å². The Morgan fingerprint density at radius 2 is 1.95 bits per heavy atom. The minimum atomic E-state index is -1.23. The molecule has 1 fully saturated rings.